The van der Waals surface area contributed by atoms with Gasteiger partial charge in [-0.25, -0.2) is 9.68 Å². The molecule has 1 fully saturated rings. The Morgan fingerprint density at radius 3 is 2.70 bits per heavy atom. The molecule has 4 atom stereocenters. The van der Waals surface area contributed by atoms with E-state index in [4.69, 9.17) is 19.5 Å². The van der Waals surface area contributed by atoms with E-state index < -0.39 is 30.1 Å². The van der Waals surface area contributed by atoms with Gasteiger partial charge in [0, 0.05) is 18.9 Å². The Morgan fingerprint density at radius 2 is 2.07 bits per heavy atom. The Labute approximate surface area is 176 Å². The van der Waals surface area contributed by atoms with Gasteiger partial charge in [0.05, 0.1) is 11.8 Å². The minimum Gasteiger partial charge on any atom is -0.461 e. The highest BCUT2D eigenvalue weighted by Crippen LogP contribution is 2.36. The molecule has 0 aromatic carbocycles. The summed E-state index contributed by atoms with van der Waals surface area (Å²) in [7, 11) is 0. The van der Waals surface area contributed by atoms with Gasteiger partial charge in [-0.2, -0.15) is 0 Å². The molecule has 2 rings (SSSR count). The predicted molar refractivity (Wildman–Crippen MR) is 107 cm³/mol. The second-order valence-corrected chi connectivity index (χ2v) is 7.69. The maximum atomic E-state index is 12.6. The number of carbonyl (C=O) groups excluding carboxylic acids is 3. The molecule has 0 spiro atoms. The summed E-state index contributed by atoms with van der Waals surface area (Å²) in [6.45, 7) is 8.86. The van der Waals surface area contributed by atoms with Crippen molar-refractivity contribution in [2.75, 3.05) is 13.2 Å². The van der Waals surface area contributed by atoms with Gasteiger partial charge in [0.15, 0.2) is 0 Å². The van der Waals surface area contributed by atoms with Gasteiger partial charge in [-0.15, -0.1) is 0 Å². The van der Waals surface area contributed by atoms with Crippen LogP contribution in [0.3, 0.4) is 0 Å². The summed E-state index contributed by atoms with van der Waals surface area (Å²) in [4.78, 5) is 40.4. The van der Waals surface area contributed by atoms with Crippen molar-refractivity contribution in [1.82, 2.24) is 0 Å². The molecule has 8 heteroatoms. The standard InChI is InChI=1S/C22H30O8/c1-5-13(2)21(24)29-18-9-16(11-27-15(4)23)7-6-8-17(12-28-26)10-19-20(18)14(3)22(25)30-19/h7,10,13,18-20,26H,3,5-6,8-9,11-12H2,1-2,4H3. The van der Waals surface area contributed by atoms with Crippen LogP contribution in [0.15, 0.2) is 35.5 Å². The average molecular weight is 422 g/mol. The lowest BCUT2D eigenvalue weighted by Gasteiger charge is -2.29. The van der Waals surface area contributed by atoms with Crippen LogP contribution in [0, 0.1) is 11.8 Å². The van der Waals surface area contributed by atoms with Crippen LogP contribution in [0.25, 0.3) is 0 Å². The van der Waals surface area contributed by atoms with Crippen LogP contribution in [0.2, 0.25) is 0 Å². The monoisotopic (exact) mass is 422 g/mol. The molecular formula is C22H30O8. The highest BCUT2D eigenvalue weighted by atomic mass is 17.1. The van der Waals surface area contributed by atoms with Crippen LogP contribution in [0.1, 0.15) is 46.5 Å². The van der Waals surface area contributed by atoms with Crippen molar-refractivity contribution in [2.45, 2.75) is 58.7 Å². The van der Waals surface area contributed by atoms with Gasteiger partial charge in [-0.3, -0.25) is 14.8 Å². The van der Waals surface area contributed by atoms with Gasteiger partial charge >= 0.3 is 17.9 Å². The molecule has 0 bridgehead atoms. The third-order valence-electron chi connectivity index (χ3n) is 5.42. The molecule has 2 aliphatic rings. The van der Waals surface area contributed by atoms with Crippen LogP contribution in [-0.2, 0) is 33.5 Å². The number of allylic oxidation sites excluding steroid dienone is 1. The smallest absolute Gasteiger partial charge is 0.334 e. The molecular weight excluding hydrogens is 392 g/mol. The van der Waals surface area contributed by atoms with E-state index in [9.17, 15) is 14.4 Å². The lowest BCUT2D eigenvalue weighted by atomic mass is 9.85. The lowest BCUT2D eigenvalue weighted by Crippen LogP contribution is -2.35. The van der Waals surface area contributed by atoms with Crippen LogP contribution < -0.4 is 0 Å². The van der Waals surface area contributed by atoms with Gasteiger partial charge in [0.2, 0.25) is 0 Å². The van der Waals surface area contributed by atoms with Crippen LogP contribution >= 0.6 is 0 Å². The maximum absolute atomic E-state index is 12.6. The first kappa shape index (κ1) is 23.8. The quantitative estimate of drug-likeness (QED) is 0.166. The molecule has 30 heavy (non-hydrogen) atoms. The molecule has 8 nitrogen and oxygen atoms in total. The van der Waals surface area contributed by atoms with Gasteiger partial charge < -0.3 is 14.2 Å². The lowest BCUT2D eigenvalue weighted by molar-refractivity contribution is -0.234. The molecule has 0 saturated carbocycles. The van der Waals surface area contributed by atoms with Crippen LogP contribution in [-0.4, -0.2) is 48.6 Å². The zero-order chi connectivity index (χ0) is 22.3. The minimum absolute atomic E-state index is 0.0440. The molecule has 1 aliphatic heterocycles. The zero-order valence-corrected chi connectivity index (χ0v) is 17.7. The second-order valence-electron chi connectivity index (χ2n) is 7.69. The Morgan fingerprint density at radius 1 is 1.33 bits per heavy atom. The Balaban J connectivity index is 2.41. The molecule has 1 saturated heterocycles. The van der Waals surface area contributed by atoms with Crippen LogP contribution in [0.4, 0.5) is 0 Å². The Hall–Kier alpha value is -2.45. The summed E-state index contributed by atoms with van der Waals surface area (Å²) in [6.07, 6.45) is 4.26. The Bertz CT molecular complexity index is 735. The minimum atomic E-state index is -0.720. The molecule has 0 amide bonds. The average Bonchev–Trinajstić information content (AvgIpc) is 2.97. The van der Waals surface area contributed by atoms with Crippen molar-refractivity contribution in [3.05, 3.63) is 35.5 Å². The zero-order valence-electron chi connectivity index (χ0n) is 17.7. The summed E-state index contributed by atoms with van der Waals surface area (Å²) < 4.78 is 16.4. The predicted octanol–water partition coefficient (Wildman–Crippen LogP) is 3.13. The largest absolute Gasteiger partial charge is 0.461 e. The molecule has 1 heterocycles. The molecule has 166 valence electrons. The van der Waals surface area contributed by atoms with Gasteiger partial charge in [0.1, 0.15) is 25.4 Å². The van der Waals surface area contributed by atoms with E-state index in [1.807, 2.05) is 13.0 Å². The van der Waals surface area contributed by atoms with Gasteiger partial charge in [0.25, 0.3) is 0 Å². The fourth-order valence-corrected chi connectivity index (χ4v) is 3.49. The molecule has 1 aliphatic carbocycles. The topological polar surface area (TPSA) is 108 Å². The number of rotatable bonds is 7. The highest BCUT2D eigenvalue weighted by molar-refractivity contribution is 5.91. The fraction of sp³-hybridized carbons (Fsp3) is 0.591. The van der Waals surface area contributed by atoms with Crippen LogP contribution in [0.5, 0.6) is 0 Å². The molecule has 0 aromatic heterocycles. The second kappa shape index (κ2) is 11.1. The SMILES string of the molecule is C=C1C(=O)OC2C=C(COO)CCC=C(COC(C)=O)CC(OC(=O)C(C)CC)C12. The van der Waals surface area contributed by atoms with Crippen molar-refractivity contribution < 1.29 is 38.7 Å². The van der Waals surface area contributed by atoms with E-state index in [-0.39, 0.29) is 37.1 Å². The first-order valence-corrected chi connectivity index (χ1v) is 10.1. The fourth-order valence-electron chi connectivity index (χ4n) is 3.49. The number of hydrogen-bond donors (Lipinski definition) is 1. The maximum Gasteiger partial charge on any atom is 0.334 e. The number of hydrogen-bond acceptors (Lipinski definition) is 8. The van der Waals surface area contributed by atoms with Crippen molar-refractivity contribution >= 4 is 17.9 Å². The Kier molecular flexibility index (Phi) is 8.80. The third kappa shape index (κ3) is 6.27. The number of esters is 3. The van der Waals surface area contributed by atoms with Gasteiger partial charge in [-0.1, -0.05) is 26.5 Å². The van der Waals surface area contributed by atoms with Crippen molar-refractivity contribution in [3.8, 4) is 0 Å². The van der Waals surface area contributed by atoms with E-state index in [1.54, 1.807) is 13.0 Å². The highest BCUT2D eigenvalue weighted by Gasteiger charge is 2.45. The van der Waals surface area contributed by atoms with Crippen molar-refractivity contribution in [3.63, 3.8) is 0 Å². The van der Waals surface area contributed by atoms with E-state index in [0.717, 1.165) is 11.1 Å². The number of ether oxygens (including phenoxy) is 3. The summed E-state index contributed by atoms with van der Waals surface area (Å²) in [5.41, 5.74) is 1.71. The summed E-state index contributed by atoms with van der Waals surface area (Å²) >= 11 is 0. The van der Waals surface area contributed by atoms with Crippen molar-refractivity contribution in [1.29, 1.82) is 0 Å². The van der Waals surface area contributed by atoms with E-state index in [2.05, 4.69) is 11.5 Å². The number of carbonyl (C=O) groups is 3. The van der Waals surface area contributed by atoms with E-state index in [0.29, 0.717) is 19.3 Å². The molecule has 1 N–H and O–H groups in total. The molecule has 4 unspecified atom stereocenters. The first-order chi connectivity index (χ1) is 14.3. The molecule has 0 radical (unpaired) electrons. The normalized spacial score (nSPS) is 25.4. The summed E-state index contributed by atoms with van der Waals surface area (Å²) in [6, 6.07) is 0. The summed E-state index contributed by atoms with van der Waals surface area (Å²) in [5, 5.41) is 8.90. The third-order valence-corrected chi connectivity index (χ3v) is 5.42. The number of fused-ring (bicyclic) bond motifs is 1. The summed E-state index contributed by atoms with van der Waals surface area (Å²) in [5.74, 6) is -2.25. The first-order valence-electron chi connectivity index (χ1n) is 10.1. The van der Waals surface area contributed by atoms with Crippen molar-refractivity contribution in [2.24, 2.45) is 11.8 Å². The van der Waals surface area contributed by atoms with Gasteiger partial charge in [-0.05, 0) is 36.5 Å². The van der Waals surface area contributed by atoms with E-state index in [1.165, 1.54) is 6.92 Å². The van der Waals surface area contributed by atoms with E-state index >= 15 is 0 Å². The molecule has 0 aromatic rings.